The van der Waals surface area contributed by atoms with E-state index in [0.717, 1.165) is 18.5 Å². The first-order valence-corrected chi connectivity index (χ1v) is 8.93. The van der Waals surface area contributed by atoms with Crippen molar-refractivity contribution in [3.8, 4) is 0 Å². The Hall–Kier alpha value is -1.69. The maximum Gasteiger partial charge on any atom is 0.240 e. The largest absolute Gasteiger partial charge is 0.308 e. The summed E-state index contributed by atoms with van der Waals surface area (Å²) >= 11 is 0. The smallest absolute Gasteiger partial charge is 0.240 e. The summed E-state index contributed by atoms with van der Waals surface area (Å²) in [5, 5.41) is 3.39. The first-order valence-electron chi connectivity index (χ1n) is 7.44. The number of sulfonamides is 1. The Morgan fingerprint density at radius 1 is 1.14 bits per heavy atom. The SMILES string of the molecule is Cc1ccccc1S(=O)(=O)NCC1NCCc2ccccc21. The Morgan fingerprint density at radius 2 is 1.86 bits per heavy atom. The van der Waals surface area contributed by atoms with Crippen LogP contribution in [0.1, 0.15) is 22.7 Å². The average Bonchev–Trinajstić information content (AvgIpc) is 2.53. The summed E-state index contributed by atoms with van der Waals surface area (Å²) in [6.07, 6.45) is 0.983. The summed E-state index contributed by atoms with van der Waals surface area (Å²) < 4.78 is 27.7. The van der Waals surface area contributed by atoms with Gasteiger partial charge in [-0.1, -0.05) is 42.5 Å². The molecule has 2 aromatic rings. The molecule has 0 radical (unpaired) electrons. The van der Waals surface area contributed by atoms with Crippen LogP contribution < -0.4 is 10.0 Å². The molecule has 1 atom stereocenters. The van der Waals surface area contributed by atoms with Gasteiger partial charge in [-0.2, -0.15) is 0 Å². The van der Waals surface area contributed by atoms with Gasteiger partial charge in [0.15, 0.2) is 0 Å². The standard InChI is InChI=1S/C17H20N2O2S/c1-13-6-2-5-9-17(13)22(20,21)19-12-16-15-8-4-3-7-14(15)10-11-18-16/h2-9,16,18-19H,10-12H2,1H3. The lowest BCUT2D eigenvalue weighted by atomic mass is 9.95. The van der Waals surface area contributed by atoms with Crippen molar-refractivity contribution in [2.75, 3.05) is 13.1 Å². The first-order chi connectivity index (χ1) is 10.6. The molecule has 1 aliphatic heterocycles. The number of benzene rings is 2. The van der Waals surface area contributed by atoms with Crippen LogP contribution in [0.25, 0.3) is 0 Å². The first kappa shape index (κ1) is 15.2. The number of fused-ring (bicyclic) bond motifs is 1. The normalized spacial score (nSPS) is 18.0. The van der Waals surface area contributed by atoms with Gasteiger partial charge in [-0.15, -0.1) is 0 Å². The molecule has 4 nitrogen and oxygen atoms in total. The van der Waals surface area contributed by atoms with Crippen molar-refractivity contribution in [3.05, 3.63) is 65.2 Å². The molecule has 1 aliphatic rings. The molecular weight excluding hydrogens is 296 g/mol. The highest BCUT2D eigenvalue weighted by atomic mass is 32.2. The van der Waals surface area contributed by atoms with Gasteiger partial charge in [0.1, 0.15) is 0 Å². The van der Waals surface area contributed by atoms with E-state index >= 15 is 0 Å². The third-order valence-corrected chi connectivity index (χ3v) is 5.66. The second-order valence-corrected chi connectivity index (χ2v) is 7.31. The van der Waals surface area contributed by atoms with Gasteiger partial charge in [0.05, 0.1) is 4.90 Å². The van der Waals surface area contributed by atoms with Crippen LogP contribution in [0.5, 0.6) is 0 Å². The minimum atomic E-state index is -3.48. The molecule has 0 aliphatic carbocycles. The molecular formula is C17H20N2O2S. The van der Waals surface area contributed by atoms with Gasteiger partial charge in [-0.3, -0.25) is 0 Å². The zero-order chi connectivity index (χ0) is 15.6. The number of rotatable bonds is 4. The van der Waals surface area contributed by atoms with Crippen molar-refractivity contribution in [1.29, 1.82) is 0 Å². The number of nitrogens with one attached hydrogen (secondary N) is 2. The minimum Gasteiger partial charge on any atom is -0.308 e. The lowest BCUT2D eigenvalue weighted by molar-refractivity contribution is 0.491. The predicted molar refractivity (Wildman–Crippen MR) is 87.3 cm³/mol. The summed E-state index contributed by atoms with van der Waals surface area (Å²) in [5.74, 6) is 0. The summed E-state index contributed by atoms with van der Waals surface area (Å²) in [4.78, 5) is 0.346. The lowest BCUT2D eigenvalue weighted by Crippen LogP contribution is -2.38. The van der Waals surface area contributed by atoms with Crippen molar-refractivity contribution in [1.82, 2.24) is 10.0 Å². The molecule has 22 heavy (non-hydrogen) atoms. The number of hydrogen-bond acceptors (Lipinski definition) is 3. The van der Waals surface area contributed by atoms with E-state index in [1.54, 1.807) is 12.1 Å². The highest BCUT2D eigenvalue weighted by Crippen LogP contribution is 2.22. The summed E-state index contributed by atoms with van der Waals surface area (Å²) in [5.41, 5.74) is 3.23. The molecule has 0 amide bonds. The van der Waals surface area contributed by atoms with E-state index in [4.69, 9.17) is 0 Å². The van der Waals surface area contributed by atoms with Gasteiger partial charge in [-0.25, -0.2) is 13.1 Å². The van der Waals surface area contributed by atoms with Crippen LogP contribution in [0.4, 0.5) is 0 Å². The van der Waals surface area contributed by atoms with E-state index in [1.165, 1.54) is 11.1 Å². The maximum absolute atomic E-state index is 12.5. The molecule has 116 valence electrons. The molecule has 0 spiro atoms. The Bertz CT molecular complexity index is 772. The molecule has 0 saturated carbocycles. The molecule has 1 heterocycles. The van der Waals surface area contributed by atoms with Crippen LogP contribution in [0.15, 0.2) is 53.4 Å². The molecule has 0 fully saturated rings. The zero-order valence-electron chi connectivity index (χ0n) is 12.5. The fourth-order valence-electron chi connectivity index (χ4n) is 2.90. The molecule has 5 heteroatoms. The molecule has 0 aromatic heterocycles. The van der Waals surface area contributed by atoms with Crippen molar-refractivity contribution in [2.24, 2.45) is 0 Å². The molecule has 1 unspecified atom stereocenters. The topological polar surface area (TPSA) is 58.2 Å². The quantitative estimate of drug-likeness (QED) is 0.909. The second kappa shape index (κ2) is 6.20. The van der Waals surface area contributed by atoms with Crippen LogP contribution in [-0.4, -0.2) is 21.5 Å². The third kappa shape index (κ3) is 3.06. The Labute approximate surface area is 131 Å². The molecule has 0 saturated heterocycles. The van der Waals surface area contributed by atoms with Crippen LogP contribution in [0.3, 0.4) is 0 Å². The van der Waals surface area contributed by atoms with E-state index in [2.05, 4.69) is 22.2 Å². The fourth-order valence-corrected chi connectivity index (χ4v) is 4.19. The second-order valence-electron chi connectivity index (χ2n) is 5.57. The monoisotopic (exact) mass is 316 g/mol. The van der Waals surface area contributed by atoms with Crippen molar-refractivity contribution >= 4 is 10.0 Å². The molecule has 2 aromatic carbocycles. The predicted octanol–water partition coefficient (Wildman–Crippen LogP) is 2.16. The van der Waals surface area contributed by atoms with Crippen LogP contribution in [0, 0.1) is 6.92 Å². The summed E-state index contributed by atoms with van der Waals surface area (Å²) in [6.45, 7) is 3.03. The van der Waals surface area contributed by atoms with E-state index in [0.29, 0.717) is 11.4 Å². The van der Waals surface area contributed by atoms with Gasteiger partial charge in [-0.05, 0) is 42.6 Å². The van der Waals surface area contributed by atoms with Gasteiger partial charge in [0.2, 0.25) is 10.0 Å². The zero-order valence-corrected chi connectivity index (χ0v) is 13.4. The third-order valence-electron chi connectivity index (χ3n) is 4.08. The van der Waals surface area contributed by atoms with Crippen molar-refractivity contribution < 1.29 is 8.42 Å². The van der Waals surface area contributed by atoms with Crippen LogP contribution in [0.2, 0.25) is 0 Å². The lowest BCUT2D eigenvalue weighted by Gasteiger charge is -2.27. The van der Waals surface area contributed by atoms with E-state index in [9.17, 15) is 8.42 Å². The van der Waals surface area contributed by atoms with E-state index < -0.39 is 10.0 Å². The maximum atomic E-state index is 12.5. The van der Waals surface area contributed by atoms with Gasteiger partial charge < -0.3 is 5.32 Å². The number of hydrogen-bond donors (Lipinski definition) is 2. The van der Waals surface area contributed by atoms with Gasteiger partial charge >= 0.3 is 0 Å². The Morgan fingerprint density at radius 3 is 2.68 bits per heavy atom. The van der Waals surface area contributed by atoms with Crippen molar-refractivity contribution in [3.63, 3.8) is 0 Å². The van der Waals surface area contributed by atoms with Gasteiger partial charge in [0, 0.05) is 12.6 Å². The summed E-state index contributed by atoms with van der Waals surface area (Å²) in [6, 6.07) is 15.2. The number of aryl methyl sites for hydroxylation is 1. The summed E-state index contributed by atoms with van der Waals surface area (Å²) in [7, 11) is -3.48. The van der Waals surface area contributed by atoms with Crippen LogP contribution >= 0.6 is 0 Å². The van der Waals surface area contributed by atoms with E-state index in [-0.39, 0.29) is 6.04 Å². The average molecular weight is 316 g/mol. The van der Waals surface area contributed by atoms with E-state index in [1.807, 2.05) is 31.2 Å². The van der Waals surface area contributed by atoms with Gasteiger partial charge in [0.25, 0.3) is 0 Å². The molecule has 2 N–H and O–H groups in total. The molecule has 3 rings (SSSR count). The minimum absolute atomic E-state index is 0.0174. The highest BCUT2D eigenvalue weighted by Gasteiger charge is 2.22. The van der Waals surface area contributed by atoms with Crippen LogP contribution in [-0.2, 0) is 16.4 Å². The Balaban J connectivity index is 1.77. The van der Waals surface area contributed by atoms with Crippen molar-refractivity contribution in [2.45, 2.75) is 24.3 Å². The Kier molecular flexibility index (Phi) is 4.29. The molecule has 0 bridgehead atoms. The fraction of sp³-hybridized carbons (Fsp3) is 0.294. The highest BCUT2D eigenvalue weighted by molar-refractivity contribution is 7.89.